The van der Waals surface area contributed by atoms with Crippen molar-refractivity contribution in [3.05, 3.63) is 84.2 Å². The predicted molar refractivity (Wildman–Crippen MR) is 119 cm³/mol. The first-order valence-corrected chi connectivity index (χ1v) is 11.1. The van der Waals surface area contributed by atoms with E-state index < -0.39 is 5.25 Å². The van der Waals surface area contributed by atoms with Gasteiger partial charge >= 0.3 is 0 Å². The van der Waals surface area contributed by atoms with E-state index in [-0.39, 0.29) is 29.5 Å². The van der Waals surface area contributed by atoms with Gasteiger partial charge in [0.2, 0.25) is 11.7 Å². The Morgan fingerprint density at radius 2 is 1.91 bits per heavy atom. The van der Waals surface area contributed by atoms with Crippen LogP contribution in [0.25, 0.3) is 0 Å². The van der Waals surface area contributed by atoms with Gasteiger partial charge in [0.05, 0.1) is 0 Å². The number of thioether (sulfide) groups is 1. The van der Waals surface area contributed by atoms with Crippen LogP contribution in [0.5, 0.6) is 11.5 Å². The van der Waals surface area contributed by atoms with E-state index in [1.807, 2.05) is 18.2 Å². The topological polar surface area (TPSA) is 93.2 Å². The largest absolute Gasteiger partial charge is 0.457 e. The van der Waals surface area contributed by atoms with E-state index in [4.69, 9.17) is 4.74 Å². The Labute approximate surface area is 188 Å². The second-order valence-corrected chi connectivity index (χ2v) is 8.37. The minimum atomic E-state index is -0.398. The summed E-state index contributed by atoms with van der Waals surface area (Å²) in [5.41, 5.74) is 0.814. The molecule has 0 saturated carbocycles. The second kappa shape index (κ2) is 10.2. The highest BCUT2D eigenvalue weighted by Crippen LogP contribution is 2.34. The van der Waals surface area contributed by atoms with Gasteiger partial charge in [0.25, 0.3) is 5.91 Å². The molecule has 1 aromatic heterocycles. The Morgan fingerprint density at radius 3 is 2.69 bits per heavy atom. The lowest BCUT2D eigenvalue weighted by atomic mass is 10.1. The maximum Gasteiger partial charge on any atom is 0.289 e. The molecule has 2 aromatic carbocycles. The number of ether oxygens (including phenoxy) is 1. The maximum atomic E-state index is 13.1. The predicted octanol–water partition coefficient (Wildman–Crippen LogP) is 3.50. The molecule has 1 saturated heterocycles. The molecule has 2 amide bonds. The summed E-state index contributed by atoms with van der Waals surface area (Å²) >= 11 is 1.54. The summed E-state index contributed by atoms with van der Waals surface area (Å²) in [5, 5.41) is 5.39. The summed E-state index contributed by atoms with van der Waals surface area (Å²) in [6.07, 6.45) is 3.73. The molecule has 2 N–H and O–H groups in total. The first kappa shape index (κ1) is 21.8. The zero-order chi connectivity index (χ0) is 22.3. The van der Waals surface area contributed by atoms with Crippen molar-refractivity contribution >= 4 is 23.6 Å². The fraction of sp³-hybridized carbons (Fsp3) is 0.217. The zero-order valence-electron chi connectivity index (χ0n) is 17.0. The molecule has 2 heterocycles. The summed E-state index contributed by atoms with van der Waals surface area (Å²) in [6, 6.07) is 14.5. The van der Waals surface area contributed by atoms with Crippen LogP contribution < -0.4 is 15.4 Å². The lowest BCUT2D eigenvalue weighted by Gasteiger charge is -2.18. The van der Waals surface area contributed by atoms with E-state index in [9.17, 15) is 14.0 Å². The number of aromatic nitrogens is 2. The van der Waals surface area contributed by atoms with E-state index in [1.165, 1.54) is 24.5 Å². The van der Waals surface area contributed by atoms with E-state index in [1.54, 1.807) is 36.0 Å². The lowest BCUT2D eigenvalue weighted by Crippen LogP contribution is -2.44. The van der Waals surface area contributed by atoms with Gasteiger partial charge in [-0.25, -0.2) is 14.4 Å². The molecule has 1 aliphatic heterocycles. The number of benzene rings is 2. The van der Waals surface area contributed by atoms with Crippen LogP contribution in [-0.2, 0) is 4.79 Å². The first-order chi connectivity index (χ1) is 15.6. The van der Waals surface area contributed by atoms with E-state index in [0.29, 0.717) is 24.5 Å². The summed E-state index contributed by atoms with van der Waals surface area (Å²) in [7, 11) is 0. The second-order valence-electron chi connectivity index (χ2n) is 7.16. The van der Waals surface area contributed by atoms with Crippen molar-refractivity contribution in [1.82, 2.24) is 20.6 Å². The molecule has 0 unspecified atom stereocenters. The van der Waals surface area contributed by atoms with Gasteiger partial charge in [-0.15, -0.1) is 11.8 Å². The number of hydrogen-bond donors (Lipinski definition) is 2. The molecule has 1 aliphatic rings. The molecular weight excluding hydrogens is 431 g/mol. The Balaban J connectivity index is 1.37. The number of nitrogens with zero attached hydrogens (tertiary/aromatic N) is 2. The molecule has 7 nitrogen and oxygen atoms in total. The molecule has 9 heteroatoms. The third kappa shape index (κ3) is 5.61. The molecule has 3 aromatic rings. The minimum Gasteiger partial charge on any atom is -0.457 e. The van der Waals surface area contributed by atoms with Crippen LogP contribution in [0.4, 0.5) is 4.39 Å². The average molecular weight is 453 g/mol. The molecule has 0 radical (unpaired) electrons. The molecular formula is C23H21FN4O3S. The van der Waals surface area contributed by atoms with Gasteiger partial charge in [-0.3, -0.25) is 9.59 Å². The van der Waals surface area contributed by atoms with Crippen molar-refractivity contribution in [3.8, 4) is 11.5 Å². The van der Waals surface area contributed by atoms with Crippen molar-refractivity contribution in [1.29, 1.82) is 0 Å². The smallest absolute Gasteiger partial charge is 0.289 e. The molecule has 2 atom stereocenters. The summed E-state index contributed by atoms with van der Waals surface area (Å²) in [6.45, 7) is 0.295. The Bertz CT molecular complexity index is 1080. The van der Waals surface area contributed by atoms with E-state index >= 15 is 0 Å². The SMILES string of the molecule is O=C(NC[C@@H]1CCS[C@H](c2cccc(Oc3ccc(F)cc3)c2)C(=O)N1)c1ncccn1. The van der Waals surface area contributed by atoms with E-state index in [0.717, 1.165) is 11.3 Å². The van der Waals surface area contributed by atoms with Gasteiger partial charge in [0, 0.05) is 25.0 Å². The number of halogens is 1. The summed E-state index contributed by atoms with van der Waals surface area (Å²) < 4.78 is 18.9. The van der Waals surface area contributed by atoms with Crippen molar-refractivity contribution in [2.45, 2.75) is 17.7 Å². The van der Waals surface area contributed by atoms with Crippen LogP contribution in [0.15, 0.2) is 67.0 Å². The van der Waals surface area contributed by atoms with Crippen LogP contribution in [0, 0.1) is 5.82 Å². The average Bonchev–Trinajstić information content (AvgIpc) is 3.00. The monoisotopic (exact) mass is 452 g/mol. The number of rotatable bonds is 6. The quantitative estimate of drug-likeness (QED) is 0.595. The normalized spacial score (nSPS) is 18.3. The molecule has 0 aliphatic carbocycles. The highest BCUT2D eigenvalue weighted by Gasteiger charge is 2.28. The van der Waals surface area contributed by atoms with Crippen LogP contribution >= 0.6 is 11.8 Å². The van der Waals surface area contributed by atoms with Crippen LogP contribution in [0.2, 0.25) is 0 Å². The third-order valence-electron chi connectivity index (χ3n) is 4.82. The number of carbonyl (C=O) groups excluding carboxylic acids is 2. The van der Waals surface area contributed by atoms with Gasteiger partial charge in [0.15, 0.2) is 0 Å². The number of nitrogens with one attached hydrogen (secondary N) is 2. The fourth-order valence-corrected chi connectivity index (χ4v) is 4.46. The lowest BCUT2D eigenvalue weighted by molar-refractivity contribution is -0.121. The van der Waals surface area contributed by atoms with Crippen molar-refractivity contribution in [2.24, 2.45) is 0 Å². The van der Waals surface area contributed by atoms with Crippen molar-refractivity contribution in [3.63, 3.8) is 0 Å². The molecule has 1 fully saturated rings. The molecule has 164 valence electrons. The molecule has 0 spiro atoms. The first-order valence-electron chi connectivity index (χ1n) is 10.1. The van der Waals surface area contributed by atoms with Crippen LogP contribution in [0.1, 0.15) is 27.9 Å². The molecule has 4 rings (SSSR count). The van der Waals surface area contributed by atoms with Gasteiger partial charge < -0.3 is 15.4 Å². The van der Waals surface area contributed by atoms with Gasteiger partial charge in [-0.2, -0.15) is 0 Å². The maximum absolute atomic E-state index is 13.1. The summed E-state index contributed by atoms with van der Waals surface area (Å²) in [5.74, 6) is 1.09. The van der Waals surface area contributed by atoms with Crippen molar-refractivity contribution in [2.75, 3.05) is 12.3 Å². The highest BCUT2D eigenvalue weighted by molar-refractivity contribution is 8.00. The Hall–Kier alpha value is -3.46. The van der Waals surface area contributed by atoms with Crippen molar-refractivity contribution < 1.29 is 18.7 Å². The number of carbonyl (C=O) groups is 2. The Morgan fingerprint density at radius 1 is 1.12 bits per heavy atom. The number of amides is 2. The standard InChI is InChI=1S/C23H21FN4O3S/c24-16-5-7-18(8-6-16)31-19-4-1-3-15(13-19)20-22(29)28-17(9-12-32-20)14-27-23(30)21-25-10-2-11-26-21/h1-8,10-11,13,17,20H,9,12,14H2,(H,27,30)(H,28,29)/t17-,20+/m0/s1. The Kier molecular flexibility index (Phi) is 6.96. The van der Waals surface area contributed by atoms with Gasteiger partial charge in [-0.1, -0.05) is 12.1 Å². The zero-order valence-corrected chi connectivity index (χ0v) is 17.8. The van der Waals surface area contributed by atoms with Gasteiger partial charge in [0.1, 0.15) is 22.6 Å². The number of hydrogen-bond acceptors (Lipinski definition) is 6. The molecule has 0 bridgehead atoms. The fourth-order valence-electron chi connectivity index (χ4n) is 3.24. The van der Waals surface area contributed by atoms with Gasteiger partial charge in [-0.05, 0) is 60.2 Å². The molecule has 32 heavy (non-hydrogen) atoms. The minimum absolute atomic E-state index is 0.0951. The summed E-state index contributed by atoms with van der Waals surface area (Å²) in [4.78, 5) is 32.9. The highest BCUT2D eigenvalue weighted by atomic mass is 32.2. The third-order valence-corrected chi connectivity index (χ3v) is 6.11. The van der Waals surface area contributed by atoms with Crippen LogP contribution in [-0.4, -0.2) is 40.1 Å². The van der Waals surface area contributed by atoms with Crippen LogP contribution in [0.3, 0.4) is 0 Å². The van der Waals surface area contributed by atoms with E-state index in [2.05, 4.69) is 20.6 Å².